The molecule has 0 amide bonds. The van der Waals surface area contributed by atoms with Crippen molar-refractivity contribution >= 4 is 53.5 Å². The first-order chi connectivity index (χ1) is 14.6. The predicted octanol–water partition coefficient (Wildman–Crippen LogP) is 4.96. The summed E-state index contributed by atoms with van der Waals surface area (Å²) in [5.41, 5.74) is 0. The molecule has 4 rings (SSSR count). The van der Waals surface area contributed by atoms with Gasteiger partial charge in [-0.05, 0) is 34.8 Å². The Balaban J connectivity index is 2.09. The normalized spacial score (nSPS) is 13.9. The number of fused-ring (bicyclic) bond motifs is 1. The highest BCUT2D eigenvalue weighted by atomic mass is 32.2. The highest BCUT2D eigenvalue weighted by molar-refractivity contribution is 7.98. The van der Waals surface area contributed by atoms with Crippen molar-refractivity contribution in [2.24, 2.45) is 0 Å². The van der Waals surface area contributed by atoms with Crippen molar-refractivity contribution in [2.75, 3.05) is 13.4 Å². The molecule has 0 aliphatic rings. The van der Waals surface area contributed by atoms with Crippen LogP contribution in [-0.2, 0) is 4.43 Å². The molecule has 0 fully saturated rings. The number of thioether (sulfide) groups is 1. The predicted molar refractivity (Wildman–Crippen MR) is 138 cm³/mol. The fraction of sp³-hybridized carbons (Fsp3) is 0.154. The van der Waals surface area contributed by atoms with Crippen LogP contribution in [0.25, 0.3) is 10.8 Å². The molecule has 0 aliphatic carbocycles. The minimum Gasteiger partial charge on any atom is -0.418 e. The van der Waals surface area contributed by atoms with Crippen LogP contribution in [0.2, 0.25) is 13.1 Å². The lowest BCUT2D eigenvalue weighted by Crippen LogP contribution is -2.79. The Hall–Kier alpha value is -2.12. The zero-order chi connectivity index (χ0) is 21.2. The van der Waals surface area contributed by atoms with Crippen molar-refractivity contribution in [3.8, 4) is 0 Å². The summed E-state index contributed by atoms with van der Waals surface area (Å²) in [7, 11) is -2.73. The van der Waals surface area contributed by atoms with Crippen molar-refractivity contribution in [1.82, 2.24) is 0 Å². The summed E-state index contributed by atoms with van der Waals surface area (Å²) >= 11 is 1.82. The summed E-state index contributed by atoms with van der Waals surface area (Å²) < 4.78 is 6.70. The molecule has 152 valence electrons. The van der Waals surface area contributed by atoms with Gasteiger partial charge in [0.15, 0.2) is 0 Å². The SMILES string of the molecule is CO[Si](C)(c1cccc2cccc(SC)c12)[Si](C)(c1ccccc1)c1ccccc1. The van der Waals surface area contributed by atoms with Crippen molar-refractivity contribution in [2.45, 2.75) is 18.0 Å². The quantitative estimate of drug-likeness (QED) is 0.307. The van der Waals surface area contributed by atoms with Crippen LogP contribution in [-0.4, -0.2) is 28.8 Å². The second-order valence-electron chi connectivity index (χ2n) is 7.96. The van der Waals surface area contributed by atoms with Gasteiger partial charge in [-0.3, -0.25) is 0 Å². The largest absolute Gasteiger partial charge is 0.418 e. The number of hydrogen-bond acceptors (Lipinski definition) is 2. The first kappa shape index (κ1) is 21.1. The van der Waals surface area contributed by atoms with Gasteiger partial charge in [-0.1, -0.05) is 108 Å². The standard InChI is InChI=1S/C26H28OSSi2/c1-27-30(4,25-20-12-14-21-13-11-19-24(28-2)26(21)25)29(3,22-15-7-5-8-16-22)23-17-9-6-10-18-23/h5-20H,1-4H3. The van der Waals surface area contributed by atoms with E-state index in [9.17, 15) is 0 Å². The third kappa shape index (κ3) is 3.28. The van der Waals surface area contributed by atoms with E-state index in [0.717, 1.165) is 0 Å². The molecule has 0 heterocycles. The van der Waals surface area contributed by atoms with E-state index in [1.54, 1.807) is 0 Å². The third-order valence-electron chi connectivity index (χ3n) is 6.66. The Morgan fingerprint density at radius 1 is 0.667 bits per heavy atom. The molecule has 0 radical (unpaired) electrons. The third-order valence-corrected chi connectivity index (χ3v) is 23.5. The monoisotopic (exact) mass is 444 g/mol. The van der Waals surface area contributed by atoms with E-state index < -0.39 is 15.4 Å². The number of rotatable bonds is 6. The number of hydrogen-bond donors (Lipinski definition) is 0. The Bertz CT molecular complexity index is 1100. The lowest BCUT2D eigenvalue weighted by molar-refractivity contribution is 0.425. The second-order valence-corrected chi connectivity index (χ2v) is 21.1. The Kier molecular flexibility index (Phi) is 6.03. The summed E-state index contributed by atoms with van der Waals surface area (Å²) in [6, 6.07) is 35.5. The van der Waals surface area contributed by atoms with Crippen LogP contribution in [0.5, 0.6) is 0 Å². The summed E-state index contributed by atoms with van der Waals surface area (Å²) in [5, 5.41) is 6.95. The van der Waals surface area contributed by atoms with Crippen LogP contribution < -0.4 is 15.6 Å². The molecule has 4 aromatic carbocycles. The molecule has 0 saturated carbocycles. The molecule has 0 saturated heterocycles. The van der Waals surface area contributed by atoms with Crippen molar-refractivity contribution in [3.05, 3.63) is 97.1 Å². The van der Waals surface area contributed by atoms with Crippen LogP contribution >= 0.6 is 11.8 Å². The van der Waals surface area contributed by atoms with Gasteiger partial charge in [0.1, 0.15) is 7.59 Å². The average molecular weight is 445 g/mol. The maximum atomic E-state index is 6.70. The number of benzene rings is 4. The van der Waals surface area contributed by atoms with E-state index in [4.69, 9.17) is 4.43 Å². The molecule has 0 bridgehead atoms. The molecular weight excluding hydrogens is 417 g/mol. The molecule has 4 aromatic rings. The van der Waals surface area contributed by atoms with Crippen molar-refractivity contribution in [1.29, 1.82) is 0 Å². The maximum Gasteiger partial charge on any atom is 0.217 e. The van der Waals surface area contributed by atoms with Gasteiger partial charge in [0.25, 0.3) is 0 Å². The van der Waals surface area contributed by atoms with Gasteiger partial charge in [-0.25, -0.2) is 0 Å². The highest BCUT2D eigenvalue weighted by Crippen LogP contribution is 2.30. The summed E-state index contributed by atoms with van der Waals surface area (Å²) in [4.78, 5) is 1.33. The van der Waals surface area contributed by atoms with E-state index >= 15 is 0 Å². The second kappa shape index (κ2) is 8.56. The zero-order valence-corrected chi connectivity index (χ0v) is 20.9. The van der Waals surface area contributed by atoms with Crippen LogP contribution in [0.15, 0.2) is 102 Å². The zero-order valence-electron chi connectivity index (χ0n) is 18.1. The van der Waals surface area contributed by atoms with E-state index in [0.29, 0.717) is 0 Å². The van der Waals surface area contributed by atoms with E-state index in [1.807, 2.05) is 18.9 Å². The van der Waals surface area contributed by atoms with Gasteiger partial charge >= 0.3 is 0 Å². The molecule has 30 heavy (non-hydrogen) atoms. The molecule has 0 aromatic heterocycles. The van der Waals surface area contributed by atoms with E-state index in [1.165, 1.54) is 31.2 Å². The van der Waals surface area contributed by atoms with Crippen molar-refractivity contribution in [3.63, 3.8) is 0 Å². The van der Waals surface area contributed by atoms with Gasteiger partial charge in [-0.15, -0.1) is 11.8 Å². The van der Waals surface area contributed by atoms with E-state index in [2.05, 4.69) is 116 Å². The fourth-order valence-corrected chi connectivity index (χ4v) is 18.7. The van der Waals surface area contributed by atoms with Crippen molar-refractivity contribution < 1.29 is 4.43 Å². The van der Waals surface area contributed by atoms with Crippen LogP contribution in [0.1, 0.15) is 0 Å². The van der Waals surface area contributed by atoms with Gasteiger partial charge in [0.05, 0.1) is 0 Å². The molecule has 1 nitrogen and oxygen atoms in total. The van der Waals surface area contributed by atoms with Crippen LogP contribution in [0, 0.1) is 0 Å². The van der Waals surface area contributed by atoms with E-state index in [-0.39, 0.29) is 0 Å². The van der Waals surface area contributed by atoms with Crippen LogP contribution in [0.4, 0.5) is 0 Å². The molecule has 1 unspecified atom stereocenters. The summed E-state index contributed by atoms with van der Waals surface area (Å²) in [6.07, 6.45) is 2.17. The molecule has 1 atom stereocenters. The minimum absolute atomic E-state index is 1.30. The first-order valence-electron chi connectivity index (χ1n) is 10.3. The molecule has 0 N–H and O–H groups in total. The molecule has 0 aliphatic heterocycles. The summed E-state index contributed by atoms with van der Waals surface area (Å²) in [6.45, 7) is 4.94. The highest BCUT2D eigenvalue weighted by Gasteiger charge is 2.54. The van der Waals surface area contributed by atoms with Gasteiger partial charge in [0.2, 0.25) is 7.83 Å². The fourth-order valence-electron chi connectivity index (χ4n) is 4.72. The Morgan fingerprint density at radius 2 is 1.20 bits per heavy atom. The van der Waals surface area contributed by atoms with Crippen LogP contribution in [0.3, 0.4) is 0 Å². The van der Waals surface area contributed by atoms with Gasteiger partial charge < -0.3 is 4.43 Å². The minimum atomic E-state index is -2.42. The van der Waals surface area contributed by atoms with Gasteiger partial charge in [-0.2, -0.15) is 0 Å². The molecule has 4 heteroatoms. The topological polar surface area (TPSA) is 9.23 Å². The summed E-state index contributed by atoms with van der Waals surface area (Å²) in [5.74, 6) is 0. The maximum absolute atomic E-state index is 6.70. The Morgan fingerprint density at radius 3 is 1.70 bits per heavy atom. The average Bonchev–Trinajstić information content (AvgIpc) is 2.83. The van der Waals surface area contributed by atoms with Gasteiger partial charge in [0, 0.05) is 12.0 Å². The first-order valence-corrected chi connectivity index (χ1v) is 17.4. The molecular formula is C26H28OSSi2. The molecule has 0 spiro atoms. The Labute approximate surface area is 186 Å². The smallest absolute Gasteiger partial charge is 0.217 e. The lowest BCUT2D eigenvalue weighted by Gasteiger charge is -2.43. The lowest BCUT2D eigenvalue weighted by atomic mass is 10.1.